The number of nitrogens with one attached hydrogen (secondary N) is 3. The second kappa shape index (κ2) is 18.7. The molecule has 7 aromatic heterocycles. The first kappa shape index (κ1) is 41.1. The van der Waals surface area contributed by atoms with E-state index in [4.69, 9.17) is 10.6 Å². The number of hydrazine groups is 1. The van der Waals surface area contributed by atoms with E-state index in [1.807, 2.05) is 71.8 Å². The SMILES string of the molecule is COCC(C)n1cnnc1-c1cccc(NC(=O)c2cc(-c3ccc(C4CC4)nc3)ccn2)n1.NNC(=O)c1cccc(NC(=O)c2cc(-c3ccc(C4CC4)nc3)ccn2)n1. The molecule has 5 N–H and O–H groups in total. The summed E-state index contributed by atoms with van der Waals surface area (Å²) >= 11 is 0. The topological polar surface area (TPSA) is 231 Å². The number of hydrogen-bond acceptors (Lipinski definition) is 13. The van der Waals surface area contributed by atoms with Gasteiger partial charge >= 0.3 is 0 Å². The number of carbonyl (C=O) groups is 3. The van der Waals surface area contributed by atoms with Crippen molar-refractivity contribution in [2.75, 3.05) is 24.4 Å². The number of pyridine rings is 6. The van der Waals surface area contributed by atoms with Crippen molar-refractivity contribution in [3.05, 3.63) is 145 Å². The summed E-state index contributed by atoms with van der Waals surface area (Å²) in [7, 11) is 1.65. The van der Waals surface area contributed by atoms with E-state index in [0.29, 0.717) is 41.5 Å². The van der Waals surface area contributed by atoms with E-state index in [-0.39, 0.29) is 29.2 Å². The van der Waals surface area contributed by atoms with Crippen molar-refractivity contribution in [3.63, 3.8) is 0 Å². The molecule has 3 amide bonds. The van der Waals surface area contributed by atoms with Crippen LogP contribution in [0.1, 0.15) is 93.3 Å². The Kier molecular flexibility index (Phi) is 12.4. The van der Waals surface area contributed by atoms with Crippen molar-refractivity contribution in [2.45, 2.75) is 50.5 Å². The van der Waals surface area contributed by atoms with E-state index in [9.17, 15) is 14.4 Å². The van der Waals surface area contributed by atoms with Crippen LogP contribution in [0.4, 0.5) is 11.6 Å². The van der Waals surface area contributed by atoms with Crippen molar-refractivity contribution in [2.24, 2.45) is 5.84 Å². The predicted molar refractivity (Wildman–Crippen MR) is 231 cm³/mol. The maximum Gasteiger partial charge on any atom is 0.283 e. The molecule has 312 valence electrons. The zero-order valence-electron chi connectivity index (χ0n) is 34.0. The summed E-state index contributed by atoms with van der Waals surface area (Å²) in [4.78, 5) is 63.1. The van der Waals surface area contributed by atoms with Crippen LogP contribution < -0.4 is 21.9 Å². The fourth-order valence-electron chi connectivity index (χ4n) is 6.63. The minimum Gasteiger partial charge on any atom is -0.383 e. The van der Waals surface area contributed by atoms with E-state index in [1.54, 1.807) is 56.2 Å². The first-order valence-corrected chi connectivity index (χ1v) is 20.1. The Hall–Kier alpha value is -7.63. The molecule has 1 unspecified atom stereocenters. The maximum atomic E-state index is 12.9. The first-order valence-electron chi connectivity index (χ1n) is 20.1. The van der Waals surface area contributed by atoms with Crippen molar-refractivity contribution in [3.8, 4) is 33.8 Å². The van der Waals surface area contributed by atoms with Gasteiger partial charge in [-0.05, 0) is 104 Å². The Morgan fingerprint density at radius 3 is 1.77 bits per heavy atom. The molecule has 0 aromatic carbocycles. The Labute approximate surface area is 356 Å². The molecular formula is C45H43N13O4. The quantitative estimate of drug-likeness (QED) is 0.0560. The van der Waals surface area contributed by atoms with Crippen LogP contribution >= 0.6 is 0 Å². The fraction of sp³-hybridized carbons (Fsp3) is 0.222. The summed E-state index contributed by atoms with van der Waals surface area (Å²) in [6, 6.07) is 25.4. The molecule has 1 atom stereocenters. The van der Waals surface area contributed by atoms with Crippen LogP contribution in [0.5, 0.6) is 0 Å². The zero-order chi connectivity index (χ0) is 43.0. The molecule has 7 aromatic rings. The number of aromatic nitrogens is 9. The van der Waals surface area contributed by atoms with Gasteiger partial charge in [0.2, 0.25) is 0 Å². The summed E-state index contributed by atoms with van der Waals surface area (Å²) in [5.41, 5.74) is 9.08. The number of carbonyl (C=O) groups excluding carboxylic acids is 3. The summed E-state index contributed by atoms with van der Waals surface area (Å²) in [5, 5.41) is 13.7. The zero-order valence-corrected chi connectivity index (χ0v) is 34.0. The highest BCUT2D eigenvalue weighted by atomic mass is 16.5. The van der Waals surface area contributed by atoms with Gasteiger partial charge in [0, 0.05) is 66.2 Å². The fourth-order valence-corrected chi connectivity index (χ4v) is 6.63. The lowest BCUT2D eigenvalue weighted by Crippen LogP contribution is -2.30. The van der Waals surface area contributed by atoms with Crippen LogP contribution in [0.25, 0.3) is 33.8 Å². The molecule has 0 saturated heterocycles. The van der Waals surface area contributed by atoms with Crippen molar-refractivity contribution >= 4 is 29.4 Å². The normalized spacial score (nSPS) is 13.6. The van der Waals surface area contributed by atoms with Crippen molar-refractivity contribution in [1.29, 1.82) is 0 Å². The first-order chi connectivity index (χ1) is 30.3. The van der Waals surface area contributed by atoms with Gasteiger partial charge in [0.1, 0.15) is 40.7 Å². The number of ether oxygens (including phenoxy) is 1. The average molecular weight is 830 g/mol. The van der Waals surface area contributed by atoms with E-state index in [1.165, 1.54) is 31.7 Å². The molecule has 62 heavy (non-hydrogen) atoms. The number of amides is 3. The van der Waals surface area contributed by atoms with Crippen LogP contribution in [0, 0.1) is 0 Å². The highest BCUT2D eigenvalue weighted by molar-refractivity contribution is 6.04. The molecule has 17 heteroatoms. The Balaban J connectivity index is 0.000000174. The lowest BCUT2D eigenvalue weighted by atomic mass is 10.1. The minimum absolute atomic E-state index is 0.0369. The third-order valence-electron chi connectivity index (χ3n) is 10.2. The van der Waals surface area contributed by atoms with Gasteiger partial charge in [-0.3, -0.25) is 39.7 Å². The van der Waals surface area contributed by atoms with Crippen LogP contribution in [0.15, 0.2) is 116 Å². The predicted octanol–water partition coefficient (Wildman–Crippen LogP) is 6.41. The number of nitrogen functional groups attached to an aromatic ring is 1. The van der Waals surface area contributed by atoms with E-state index in [0.717, 1.165) is 33.6 Å². The van der Waals surface area contributed by atoms with Crippen molar-refractivity contribution < 1.29 is 19.1 Å². The molecule has 9 rings (SSSR count). The lowest BCUT2D eigenvalue weighted by Gasteiger charge is -2.14. The molecule has 7 heterocycles. The Morgan fingerprint density at radius 1 is 0.694 bits per heavy atom. The number of anilines is 2. The molecule has 0 aliphatic heterocycles. The van der Waals surface area contributed by atoms with Gasteiger partial charge < -0.3 is 19.9 Å². The second-order valence-electron chi connectivity index (χ2n) is 14.9. The van der Waals surface area contributed by atoms with Crippen LogP contribution in [0.3, 0.4) is 0 Å². The largest absolute Gasteiger partial charge is 0.383 e. The number of nitrogens with two attached hydrogens (primary N) is 1. The van der Waals surface area contributed by atoms with Crippen molar-refractivity contribution in [1.82, 2.24) is 50.1 Å². The minimum atomic E-state index is -0.543. The smallest absolute Gasteiger partial charge is 0.283 e. The van der Waals surface area contributed by atoms with Crippen LogP contribution in [-0.4, -0.2) is 76.1 Å². The molecule has 0 bridgehead atoms. The van der Waals surface area contributed by atoms with Gasteiger partial charge in [-0.2, -0.15) is 0 Å². The number of rotatable bonds is 13. The number of nitrogens with zero attached hydrogens (tertiary/aromatic N) is 9. The molecule has 2 aliphatic carbocycles. The van der Waals surface area contributed by atoms with Crippen LogP contribution in [0.2, 0.25) is 0 Å². The van der Waals surface area contributed by atoms with E-state index in [2.05, 4.69) is 56.8 Å². The molecule has 2 aliphatic rings. The van der Waals surface area contributed by atoms with Gasteiger partial charge in [0.15, 0.2) is 5.82 Å². The summed E-state index contributed by atoms with van der Waals surface area (Å²) in [6.07, 6.45) is 13.4. The Bertz CT molecular complexity index is 2700. The highest BCUT2D eigenvalue weighted by Crippen LogP contribution is 2.40. The highest BCUT2D eigenvalue weighted by Gasteiger charge is 2.25. The molecule has 2 fully saturated rings. The lowest BCUT2D eigenvalue weighted by molar-refractivity contribution is 0.0946. The molecule has 0 radical (unpaired) electrons. The van der Waals surface area contributed by atoms with Gasteiger partial charge in [-0.25, -0.2) is 15.8 Å². The second-order valence-corrected chi connectivity index (χ2v) is 14.9. The van der Waals surface area contributed by atoms with Gasteiger partial charge in [-0.15, -0.1) is 10.2 Å². The van der Waals surface area contributed by atoms with E-state index < -0.39 is 11.8 Å². The average Bonchev–Trinajstić information content (AvgIpc) is 4.27. The number of methoxy groups -OCH3 is 1. The summed E-state index contributed by atoms with van der Waals surface area (Å²) < 4.78 is 7.13. The third-order valence-corrected chi connectivity index (χ3v) is 10.2. The summed E-state index contributed by atoms with van der Waals surface area (Å²) in [5.74, 6) is 6.22. The molecule has 0 spiro atoms. The number of hydrogen-bond donors (Lipinski definition) is 4. The van der Waals surface area contributed by atoms with Gasteiger partial charge in [0.05, 0.1) is 12.6 Å². The van der Waals surface area contributed by atoms with Crippen LogP contribution in [-0.2, 0) is 4.74 Å². The standard InChI is InChI=1S/C25H25N7O2.C20H18N6O2/c1-16(14-34-2)32-15-28-31-24(32)21-4-3-5-23(29-21)30-25(33)22-12-18(10-11-26-22)19-8-9-20(27-13-19)17-6-7-17;21-26-20(28)16-2-1-3-18(24-16)25-19(27)17-10-13(8-9-22-17)14-6-7-15(23-11-14)12-4-5-12/h3-5,8-13,15-17H,6-7,14H2,1-2H3,(H,29,30,33);1-3,6-12H,4-5,21H2,(H,26,28)(H,24,25,27). The van der Waals surface area contributed by atoms with E-state index >= 15 is 0 Å². The molecule has 17 nitrogen and oxygen atoms in total. The summed E-state index contributed by atoms with van der Waals surface area (Å²) in [6.45, 7) is 2.53. The van der Waals surface area contributed by atoms with Gasteiger partial charge in [0.25, 0.3) is 17.7 Å². The molecular weight excluding hydrogens is 787 g/mol. The van der Waals surface area contributed by atoms with Gasteiger partial charge in [-0.1, -0.05) is 24.3 Å². The Morgan fingerprint density at radius 2 is 1.26 bits per heavy atom. The third kappa shape index (κ3) is 10.0. The monoisotopic (exact) mass is 829 g/mol. The maximum absolute atomic E-state index is 12.9. The molecule has 2 saturated carbocycles.